The molecule has 1 aliphatic rings. The lowest BCUT2D eigenvalue weighted by Gasteiger charge is -2.14. The summed E-state index contributed by atoms with van der Waals surface area (Å²) in [6.07, 6.45) is 5.05. The molecule has 2 aromatic carbocycles. The van der Waals surface area contributed by atoms with Crippen LogP contribution >= 0.6 is 11.8 Å². The molecule has 1 heterocycles. The first kappa shape index (κ1) is 21.4. The summed E-state index contributed by atoms with van der Waals surface area (Å²) in [6.45, 7) is 0. The fourth-order valence-corrected chi connectivity index (χ4v) is 4.97. The molecular weight excluding hydrogens is 436 g/mol. The quantitative estimate of drug-likeness (QED) is 0.502. The van der Waals surface area contributed by atoms with Gasteiger partial charge in [-0.1, -0.05) is 30.0 Å². The number of hydrogen-bond donors (Lipinski definition) is 2. The molecule has 2 N–H and O–H groups in total. The molecule has 162 valence electrons. The van der Waals surface area contributed by atoms with Gasteiger partial charge in [-0.3, -0.25) is 9.36 Å². The number of anilines is 1. The van der Waals surface area contributed by atoms with E-state index in [0.29, 0.717) is 16.6 Å². The van der Waals surface area contributed by atoms with Gasteiger partial charge in [0.1, 0.15) is 11.4 Å². The summed E-state index contributed by atoms with van der Waals surface area (Å²) >= 11 is 1.42. The van der Waals surface area contributed by atoms with Crippen molar-refractivity contribution in [2.75, 3.05) is 18.7 Å². The number of nitrogens with one attached hydrogen (secondary N) is 2. The van der Waals surface area contributed by atoms with Crippen LogP contribution in [0.15, 0.2) is 64.8 Å². The Kier molecular flexibility index (Phi) is 6.03. The lowest BCUT2D eigenvalue weighted by atomic mass is 10.2. The molecule has 3 aromatic rings. The zero-order valence-electron chi connectivity index (χ0n) is 17.0. The molecule has 1 aromatic heterocycles. The number of carbonyl (C=O) groups excluding carboxylic acids is 1. The van der Waals surface area contributed by atoms with Gasteiger partial charge in [0.05, 0.1) is 23.9 Å². The van der Waals surface area contributed by atoms with E-state index >= 15 is 0 Å². The van der Waals surface area contributed by atoms with Crippen molar-refractivity contribution in [1.82, 2.24) is 14.3 Å². The van der Waals surface area contributed by atoms with Crippen molar-refractivity contribution in [2.45, 2.75) is 28.9 Å². The van der Waals surface area contributed by atoms with Crippen molar-refractivity contribution in [3.05, 3.63) is 60.4 Å². The zero-order valence-corrected chi connectivity index (χ0v) is 18.7. The number of aromatic nitrogens is 2. The van der Waals surface area contributed by atoms with E-state index in [0.717, 1.165) is 18.5 Å². The first-order valence-corrected chi connectivity index (χ1v) is 12.3. The second-order valence-electron chi connectivity index (χ2n) is 7.01. The minimum Gasteiger partial charge on any atom is -0.495 e. The van der Waals surface area contributed by atoms with E-state index < -0.39 is 15.9 Å². The molecule has 4 rings (SSSR count). The van der Waals surface area contributed by atoms with Crippen molar-refractivity contribution >= 4 is 33.4 Å². The van der Waals surface area contributed by atoms with E-state index in [2.05, 4.69) is 15.0 Å². The van der Waals surface area contributed by atoms with Crippen LogP contribution in [0.5, 0.6) is 5.75 Å². The van der Waals surface area contributed by atoms with Gasteiger partial charge in [0.25, 0.3) is 5.91 Å². The topological polar surface area (TPSA) is 102 Å². The van der Waals surface area contributed by atoms with Gasteiger partial charge in [-0.15, -0.1) is 0 Å². The molecule has 0 saturated heterocycles. The van der Waals surface area contributed by atoms with Crippen molar-refractivity contribution in [3.63, 3.8) is 0 Å². The maximum Gasteiger partial charge on any atom is 0.274 e. The molecule has 1 amide bonds. The molecule has 0 radical (unpaired) electrons. The zero-order chi connectivity index (χ0) is 22.0. The Morgan fingerprint density at radius 2 is 1.94 bits per heavy atom. The summed E-state index contributed by atoms with van der Waals surface area (Å²) in [6, 6.07) is 13.8. The number of benzene rings is 2. The number of sulfonamides is 1. The van der Waals surface area contributed by atoms with Crippen molar-refractivity contribution in [1.29, 1.82) is 0 Å². The van der Waals surface area contributed by atoms with Crippen molar-refractivity contribution < 1.29 is 17.9 Å². The Balaban J connectivity index is 1.67. The van der Waals surface area contributed by atoms with Crippen LogP contribution in [0, 0.1) is 0 Å². The molecule has 0 bridgehead atoms. The van der Waals surface area contributed by atoms with Gasteiger partial charge in [0, 0.05) is 11.7 Å². The predicted octanol–water partition coefficient (Wildman–Crippen LogP) is 3.30. The third-order valence-electron chi connectivity index (χ3n) is 4.79. The summed E-state index contributed by atoms with van der Waals surface area (Å²) in [5.41, 5.74) is 1.38. The van der Waals surface area contributed by atoms with Crippen LogP contribution in [-0.2, 0) is 10.0 Å². The molecule has 1 saturated carbocycles. The molecule has 31 heavy (non-hydrogen) atoms. The van der Waals surface area contributed by atoms with Crippen molar-refractivity contribution in [2.24, 2.45) is 0 Å². The smallest absolute Gasteiger partial charge is 0.274 e. The highest BCUT2D eigenvalue weighted by atomic mass is 32.2. The van der Waals surface area contributed by atoms with Gasteiger partial charge < -0.3 is 10.1 Å². The van der Waals surface area contributed by atoms with E-state index in [4.69, 9.17) is 4.74 Å². The third-order valence-corrected chi connectivity index (χ3v) is 6.96. The summed E-state index contributed by atoms with van der Waals surface area (Å²) in [5.74, 6) is -0.0748. The second kappa shape index (κ2) is 8.74. The van der Waals surface area contributed by atoms with Gasteiger partial charge in [0.15, 0.2) is 5.16 Å². The van der Waals surface area contributed by atoms with Gasteiger partial charge in [-0.05, 0) is 49.4 Å². The van der Waals surface area contributed by atoms with E-state index in [1.165, 1.54) is 43.3 Å². The van der Waals surface area contributed by atoms with Crippen LogP contribution in [0.25, 0.3) is 5.69 Å². The summed E-state index contributed by atoms with van der Waals surface area (Å²) < 4.78 is 34.9. The number of ether oxygens (including phenoxy) is 1. The number of rotatable bonds is 8. The van der Waals surface area contributed by atoms with Crippen LogP contribution < -0.4 is 14.8 Å². The fraction of sp³-hybridized carbons (Fsp3) is 0.238. The number of hydrogen-bond acceptors (Lipinski definition) is 6. The number of nitrogens with zero attached hydrogens (tertiary/aromatic N) is 2. The standard InChI is InChI=1S/C21H22N4O4S2/c1-29-19-11-10-16(31(27,28)24-14-8-9-14)12-17(19)23-20(26)18-13-22-21(30-2)25(18)15-6-4-3-5-7-15/h3-7,10-14,24H,8-9H2,1-2H3,(H,23,26). The van der Waals surface area contributed by atoms with Gasteiger partial charge >= 0.3 is 0 Å². The average molecular weight is 459 g/mol. The Hall–Kier alpha value is -2.82. The molecule has 8 nitrogen and oxygen atoms in total. The molecule has 0 aliphatic heterocycles. The second-order valence-corrected chi connectivity index (χ2v) is 9.50. The minimum atomic E-state index is -3.67. The van der Waals surface area contributed by atoms with Gasteiger partial charge in [0.2, 0.25) is 10.0 Å². The Morgan fingerprint density at radius 1 is 1.19 bits per heavy atom. The highest BCUT2D eigenvalue weighted by molar-refractivity contribution is 7.98. The SMILES string of the molecule is COc1ccc(S(=O)(=O)NC2CC2)cc1NC(=O)c1cnc(SC)n1-c1ccccc1. The lowest BCUT2D eigenvalue weighted by molar-refractivity contribution is 0.101. The lowest BCUT2D eigenvalue weighted by Crippen LogP contribution is -2.26. The van der Waals surface area contributed by atoms with Crippen LogP contribution in [0.4, 0.5) is 5.69 Å². The van der Waals surface area contributed by atoms with Gasteiger partial charge in [-0.25, -0.2) is 18.1 Å². The summed E-state index contributed by atoms with van der Waals surface area (Å²) in [7, 11) is -2.21. The average Bonchev–Trinajstić information content (AvgIpc) is 3.47. The van der Waals surface area contributed by atoms with E-state index in [1.54, 1.807) is 4.57 Å². The maximum atomic E-state index is 13.2. The predicted molar refractivity (Wildman–Crippen MR) is 120 cm³/mol. The summed E-state index contributed by atoms with van der Waals surface area (Å²) in [4.78, 5) is 17.6. The number of para-hydroxylation sites is 1. The monoisotopic (exact) mass is 458 g/mol. The fourth-order valence-electron chi connectivity index (χ4n) is 3.09. The van der Waals surface area contributed by atoms with Crippen LogP contribution in [0.1, 0.15) is 23.3 Å². The van der Waals surface area contributed by atoms with Crippen LogP contribution in [0.2, 0.25) is 0 Å². The first-order chi connectivity index (χ1) is 14.9. The molecule has 0 spiro atoms. The largest absolute Gasteiger partial charge is 0.495 e. The normalized spacial score (nSPS) is 13.7. The highest BCUT2D eigenvalue weighted by Crippen LogP contribution is 2.30. The molecule has 0 atom stereocenters. The van der Waals surface area contributed by atoms with Crippen LogP contribution in [-0.4, -0.2) is 43.3 Å². The molecule has 10 heteroatoms. The Labute approximate surface area is 185 Å². The first-order valence-electron chi connectivity index (χ1n) is 9.62. The molecule has 0 unspecified atom stereocenters. The van der Waals surface area contributed by atoms with E-state index in [1.807, 2.05) is 36.6 Å². The maximum absolute atomic E-state index is 13.2. The number of methoxy groups -OCH3 is 1. The number of imidazole rings is 1. The minimum absolute atomic E-state index is 0.0182. The van der Waals surface area contributed by atoms with E-state index in [9.17, 15) is 13.2 Å². The molecule has 1 fully saturated rings. The highest BCUT2D eigenvalue weighted by Gasteiger charge is 2.28. The van der Waals surface area contributed by atoms with Gasteiger partial charge in [-0.2, -0.15) is 0 Å². The third kappa shape index (κ3) is 4.60. The van der Waals surface area contributed by atoms with Crippen molar-refractivity contribution in [3.8, 4) is 11.4 Å². The van der Waals surface area contributed by atoms with Crippen LogP contribution in [0.3, 0.4) is 0 Å². The Bertz CT molecular complexity index is 1210. The number of carbonyl (C=O) groups is 1. The number of amides is 1. The Morgan fingerprint density at radius 3 is 2.58 bits per heavy atom. The molecule has 1 aliphatic carbocycles. The van der Waals surface area contributed by atoms with E-state index in [-0.39, 0.29) is 16.6 Å². The molecular formula is C21H22N4O4S2. The number of thioether (sulfide) groups is 1. The summed E-state index contributed by atoms with van der Waals surface area (Å²) in [5, 5.41) is 3.44.